The molecule has 0 saturated carbocycles. The Morgan fingerprint density at radius 3 is 2.58 bits per heavy atom. The van der Waals surface area contributed by atoms with E-state index >= 15 is 0 Å². The quantitative estimate of drug-likeness (QED) is 0.513. The van der Waals surface area contributed by atoms with E-state index in [-0.39, 0.29) is 30.0 Å². The van der Waals surface area contributed by atoms with Crippen molar-refractivity contribution >= 4 is 21.7 Å². The van der Waals surface area contributed by atoms with E-state index in [1.54, 1.807) is 4.90 Å². The molecule has 3 aromatic rings. The van der Waals surface area contributed by atoms with Crippen molar-refractivity contribution in [2.75, 3.05) is 31.7 Å². The number of aryl methyl sites for hydroxylation is 1. The van der Waals surface area contributed by atoms with Gasteiger partial charge < -0.3 is 19.7 Å². The van der Waals surface area contributed by atoms with Gasteiger partial charge in [-0.25, -0.2) is 8.42 Å². The molecule has 5 heterocycles. The van der Waals surface area contributed by atoms with Gasteiger partial charge in [0, 0.05) is 32.2 Å². The summed E-state index contributed by atoms with van der Waals surface area (Å²) in [7, 11) is -3.27. The monoisotopic (exact) mass is 562 g/mol. The van der Waals surface area contributed by atoms with Crippen molar-refractivity contribution in [2.45, 2.75) is 38.1 Å². The van der Waals surface area contributed by atoms with Crippen molar-refractivity contribution in [3.63, 3.8) is 0 Å². The maximum atomic E-state index is 13.3. The maximum Gasteiger partial charge on any atom is 0.224 e. The van der Waals surface area contributed by atoms with Gasteiger partial charge in [0.1, 0.15) is 27.1 Å². The summed E-state index contributed by atoms with van der Waals surface area (Å²) in [5.74, 6) is 1.69. The van der Waals surface area contributed by atoms with Crippen LogP contribution in [0.4, 0.5) is 0 Å². The molecule has 8 nitrogen and oxygen atoms in total. The first-order valence-corrected chi connectivity index (χ1v) is 15.7. The van der Waals surface area contributed by atoms with Gasteiger partial charge in [-0.1, -0.05) is 30.3 Å². The SMILES string of the molecule is CS(=O)(=O)CCC(=O)N1CCc2cc3ccc2C1c1cccc(c1)OCCCNC(=O)CCc1ccc(cc1)O3. The van der Waals surface area contributed by atoms with E-state index in [2.05, 4.69) is 5.32 Å². The molecule has 210 valence electrons. The number of nitrogens with zero attached hydrogens (tertiary/aromatic N) is 1. The predicted molar refractivity (Wildman–Crippen MR) is 152 cm³/mol. The van der Waals surface area contributed by atoms with Crippen LogP contribution >= 0.6 is 0 Å². The maximum absolute atomic E-state index is 13.3. The number of carbonyl (C=O) groups is 2. The molecule has 5 aliphatic heterocycles. The third kappa shape index (κ3) is 7.01. The van der Waals surface area contributed by atoms with Crippen LogP contribution < -0.4 is 14.8 Å². The van der Waals surface area contributed by atoms with Crippen LogP contribution in [0.25, 0.3) is 0 Å². The van der Waals surface area contributed by atoms with Gasteiger partial charge in [-0.2, -0.15) is 0 Å². The summed E-state index contributed by atoms with van der Waals surface area (Å²) in [6.07, 6.45) is 3.43. The second-order valence-electron chi connectivity index (χ2n) is 10.4. The number of nitrogens with one attached hydrogen (secondary N) is 1. The molecule has 0 spiro atoms. The Kier molecular flexibility index (Phi) is 8.40. The number of hydrogen-bond donors (Lipinski definition) is 1. The number of benzene rings is 3. The van der Waals surface area contributed by atoms with Gasteiger partial charge in [-0.05, 0) is 77.9 Å². The second-order valence-corrected chi connectivity index (χ2v) is 12.6. The van der Waals surface area contributed by atoms with Crippen molar-refractivity contribution < 1.29 is 27.5 Å². The molecule has 0 radical (unpaired) electrons. The van der Waals surface area contributed by atoms with Crippen molar-refractivity contribution in [3.8, 4) is 17.2 Å². The molecule has 2 amide bonds. The number of ether oxygens (including phenoxy) is 2. The van der Waals surface area contributed by atoms with E-state index in [1.807, 2.05) is 66.7 Å². The first kappa shape index (κ1) is 27.7. The highest BCUT2D eigenvalue weighted by Gasteiger charge is 2.32. The molecule has 0 aliphatic carbocycles. The van der Waals surface area contributed by atoms with E-state index in [1.165, 1.54) is 0 Å². The van der Waals surface area contributed by atoms with Crippen LogP contribution in [0.3, 0.4) is 0 Å². The second kappa shape index (κ2) is 12.1. The molecule has 1 unspecified atom stereocenters. The lowest BCUT2D eigenvalue weighted by Gasteiger charge is -2.38. The highest BCUT2D eigenvalue weighted by molar-refractivity contribution is 7.90. The zero-order chi connectivity index (χ0) is 28.1. The lowest BCUT2D eigenvalue weighted by Crippen LogP contribution is -2.41. The zero-order valence-corrected chi connectivity index (χ0v) is 23.4. The van der Waals surface area contributed by atoms with Gasteiger partial charge in [-0.3, -0.25) is 9.59 Å². The molecule has 8 bridgehead atoms. The number of hydrogen-bond acceptors (Lipinski definition) is 6. The highest BCUT2D eigenvalue weighted by Crippen LogP contribution is 2.39. The van der Waals surface area contributed by atoms with Crippen molar-refractivity contribution in [3.05, 3.63) is 89.0 Å². The Hall–Kier alpha value is -3.85. The average Bonchev–Trinajstić information content (AvgIpc) is 2.94. The molecule has 5 aliphatic rings. The van der Waals surface area contributed by atoms with Crippen molar-refractivity contribution in [1.29, 1.82) is 0 Å². The summed E-state index contributed by atoms with van der Waals surface area (Å²) in [4.78, 5) is 27.4. The number of rotatable bonds is 3. The first-order chi connectivity index (χ1) is 19.2. The largest absolute Gasteiger partial charge is 0.494 e. The molecule has 1 atom stereocenters. The van der Waals surface area contributed by atoms with Crippen LogP contribution in [0.2, 0.25) is 0 Å². The Labute approximate surface area is 235 Å². The molecule has 0 saturated heterocycles. The van der Waals surface area contributed by atoms with Crippen LogP contribution in [0.1, 0.15) is 47.6 Å². The minimum Gasteiger partial charge on any atom is -0.494 e. The third-order valence-electron chi connectivity index (χ3n) is 7.24. The van der Waals surface area contributed by atoms with Gasteiger partial charge in [0.05, 0.1) is 18.4 Å². The van der Waals surface area contributed by atoms with Crippen LogP contribution in [0, 0.1) is 0 Å². The zero-order valence-electron chi connectivity index (χ0n) is 22.6. The molecule has 3 aromatic carbocycles. The summed E-state index contributed by atoms with van der Waals surface area (Å²) in [5, 5.41) is 2.95. The molecule has 1 N–H and O–H groups in total. The Bertz CT molecular complexity index is 1490. The van der Waals surface area contributed by atoms with E-state index in [4.69, 9.17) is 9.47 Å². The van der Waals surface area contributed by atoms with Gasteiger partial charge in [0.15, 0.2) is 0 Å². The third-order valence-corrected chi connectivity index (χ3v) is 8.18. The van der Waals surface area contributed by atoms with Gasteiger partial charge in [-0.15, -0.1) is 0 Å². The van der Waals surface area contributed by atoms with E-state index in [0.29, 0.717) is 62.6 Å². The van der Waals surface area contributed by atoms with Crippen LogP contribution in [0.15, 0.2) is 66.7 Å². The van der Waals surface area contributed by atoms with E-state index < -0.39 is 9.84 Å². The molecule has 8 rings (SSSR count). The highest BCUT2D eigenvalue weighted by atomic mass is 32.2. The van der Waals surface area contributed by atoms with Crippen molar-refractivity contribution in [2.24, 2.45) is 0 Å². The molecule has 0 aromatic heterocycles. The number of sulfone groups is 1. The Balaban J connectivity index is 1.49. The molecule has 9 heteroatoms. The van der Waals surface area contributed by atoms with E-state index in [9.17, 15) is 18.0 Å². The lowest BCUT2D eigenvalue weighted by atomic mass is 9.87. The fourth-order valence-electron chi connectivity index (χ4n) is 5.18. The molecule has 40 heavy (non-hydrogen) atoms. The first-order valence-electron chi connectivity index (χ1n) is 13.6. The minimum absolute atomic E-state index is 0.00228. The van der Waals surface area contributed by atoms with Gasteiger partial charge >= 0.3 is 0 Å². The summed E-state index contributed by atoms with van der Waals surface area (Å²) in [5.41, 5.74) is 4.00. The Morgan fingerprint density at radius 2 is 1.77 bits per heavy atom. The van der Waals surface area contributed by atoms with E-state index in [0.717, 1.165) is 28.5 Å². The van der Waals surface area contributed by atoms with Crippen molar-refractivity contribution in [1.82, 2.24) is 10.2 Å². The molecular formula is C31H34N2O6S. The molecular weight excluding hydrogens is 528 g/mol. The number of amides is 2. The van der Waals surface area contributed by atoms with Gasteiger partial charge in [0.2, 0.25) is 11.8 Å². The fourth-order valence-corrected chi connectivity index (χ4v) is 5.73. The van der Waals surface area contributed by atoms with Crippen LogP contribution in [-0.4, -0.2) is 56.8 Å². The normalized spacial score (nSPS) is 17.8. The smallest absolute Gasteiger partial charge is 0.224 e. The predicted octanol–water partition coefficient (Wildman–Crippen LogP) is 4.22. The molecule has 0 fully saturated rings. The number of carbonyl (C=O) groups excluding carboxylic acids is 2. The lowest BCUT2D eigenvalue weighted by molar-refractivity contribution is -0.132. The van der Waals surface area contributed by atoms with Crippen LogP contribution in [0.5, 0.6) is 17.2 Å². The summed E-state index contributed by atoms with van der Waals surface area (Å²) < 4.78 is 35.7. The average molecular weight is 563 g/mol. The van der Waals surface area contributed by atoms with Gasteiger partial charge in [0.25, 0.3) is 0 Å². The standard InChI is InChI=1S/C31H34N2O6S/c1-40(36,37)19-15-30(35)33-17-14-23-20-27-11-12-28(23)31(33)24-4-2-5-26(21-24)38-18-3-16-32-29(34)13-8-22-6-9-25(39-27)10-7-22/h2,4-7,9-12,20-21,31H,3,8,13-19H2,1H3,(H,32,34). The summed E-state index contributed by atoms with van der Waals surface area (Å²) >= 11 is 0. The summed E-state index contributed by atoms with van der Waals surface area (Å²) in [6.45, 7) is 1.42. The van der Waals surface area contributed by atoms with Crippen LogP contribution in [-0.2, 0) is 32.3 Å². The summed E-state index contributed by atoms with van der Waals surface area (Å²) in [6, 6.07) is 20.9. The Morgan fingerprint density at radius 1 is 0.975 bits per heavy atom. The minimum atomic E-state index is -3.27. The topological polar surface area (TPSA) is 102 Å². The fraction of sp³-hybridized carbons (Fsp3) is 0.355.